The Labute approximate surface area is 120 Å². The van der Waals surface area contributed by atoms with Gasteiger partial charge in [0.25, 0.3) is 0 Å². The molecule has 0 heterocycles. The van der Waals surface area contributed by atoms with Crippen molar-refractivity contribution in [2.24, 2.45) is 0 Å². The molecule has 1 aromatic carbocycles. The maximum atomic E-state index is 12.4. The summed E-state index contributed by atoms with van der Waals surface area (Å²) in [6.07, 6.45) is -4.32. The van der Waals surface area contributed by atoms with Crippen molar-refractivity contribution in [1.82, 2.24) is 0 Å². The van der Waals surface area contributed by atoms with Crippen molar-refractivity contribution >= 4 is 30.5 Å². The topological polar surface area (TPSA) is 26.3 Å². The maximum absolute atomic E-state index is 12.4. The number of ether oxygens (including phenoxy) is 1. The van der Waals surface area contributed by atoms with Crippen LogP contribution in [0.1, 0.15) is 26.3 Å². The van der Waals surface area contributed by atoms with Gasteiger partial charge in [0.15, 0.2) is 0 Å². The summed E-state index contributed by atoms with van der Waals surface area (Å²) in [6, 6.07) is 5.01. The SMILES string of the molecule is CCOC(=O)C(C)(C)[Te]c1ccc(C(F)(F)F)cc1. The molecule has 0 saturated heterocycles. The van der Waals surface area contributed by atoms with E-state index in [1.54, 1.807) is 20.8 Å². The van der Waals surface area contributed by atoms with Gasteiger partial charge in [-0.25, -0.2) is 0 Å². The van der Waals surface area contributed by atoms with Gasteiger partial charge in [0.1, 0.15) is 0 Å². The summed E-state index contributed by atoms with van der Waals surface area (Å²) >= 11 is -0.964. The Hall–Kier alpha value is -0.730. The number of rotatable bonds is 4. The number of esters is 1. The van der Waals surface area contributed by atoms with Crippen LogP contribution in [0.3, 0.4) is 0 Å². The van der Waals surface area contributed by atoms with Crippen molar-refractivity contribution in [3.8, 4) is 0 Å². The minimum absolute atomic E-state index is 0.294. The third-order valence-electron chi connectivity index (χ3n) is 2.32. The van der Waals surface area contributed by atoms with Crippen LogP contribution in [-0.4, -0.2) is 33.5 Å². The molecule has 6 heteroatoms. The van der Waals surface area contributed by atoms with Gasteiger partial charge in [-0.05, 0) is 0 Å². The predicted octanol–water partition coefficient (Wildman–Crippen LogP) is 2.80. The Morgan fingerprint density at radius 2 is 1.74 bits per heavy atom. The Balaban J connectivity index is 2.80. The summed E-state index contributed by atoms with van der Waals surface area (Å²) in [5.74, 6) is -0.294. The first-order valence-corrected chi connectivity index (χ1v) is 8.03. The zero-order chi connectivity index (χ0) is 14.7. The number of carbonyl (C=O) groups excluding carboxylic acids is 1. The van der Waals surface area contributed by atoms with Crippen LogP contribution in [0.15, 0.2) is 24.3 Å². The standard InChI is InChI=1S/C13H15F3O2Te/c1-4-18-11(17)12(2,3)19-10-7-5-9(6-8-10)13(14,15)16/h5-8H,4H2,1-3H3. The molecule has 0 amide bonds. The average molecular weight is 388 g/mol. The second kappa shape index (κ2) is 6.15. The first kappa shape index (κ1) is 16.3. The molecule has 0 unspecified atom stereocenters. The fourth-order valence-corrected chi connectivity index (χ4v) is 4.22. The van der Waals surface area contributed by atoms with Gasteiger partial charge < -0.3 is 0 Å². The molecule has 1 aromatic rings. The van der Waals surface area contributed by atoms with Crippen LogP contribution < -0.4 is 3.61 Å². The first-order chi connectivity index (χ1) is 8.66. The van der Waals surface area contributed by atoms with Gasteiger partial charge in [-0.2, -0.15) is 0 Å². The second-order valence-corrected chi connectivity index (χ2v) is 9.20. The van der Waals surface area contributed by atoms with Gasteiger partial charge in [-0.15, -0.1) is 0 Å². The zero-order valence-corrected chi connectivity index (χ0v) is 13.2. The number of halogens is 3. The number of benzene rings is 1. The fourth-order valence-electron chi connectivity index (χ4n) is 1.35. The first-order valence-electron chi connectivity index (χ1n) is 5.70. The predicted molar refractivity (Wildman–Crippen MR) is 67.5 cm³/mol. The molecular weight excluding hydrogens is 373 g/mol. The van der Waals surface area contributed by atoms with E-state index in [-0.39, 0.29) is 5.97 Å². The van der Waals surface area contributed by atoms with E-state index in [0.717, 1.165) is 15.7 Å². The number of hydrogen-bond acceptors (Lipinski definition) is 2. The Morgan fingerprint density at radius 1 is 1.21 bits per heavy atom. The van der Waals surface area contributed by atoms with E-state index in [0.29, 0.717) is 6.61 Å². The Kier molecular flexibility index (Phi) is 5.28. The molecule has 2 nitrogen and oxygen atoms in total. The zero-order valence-electron chi connectivity index (χ0n) is 10.9. The van der Waals surface area contributed by atoms with E-state index in [9.17, 15) is 18.0 Å². The summed E-state index contributed by atoms with van der Waals surface area (Å²) in [5.41, 5.74) is -0.669. The molecule has 0 radical (unpaired) electrons. The summed E-state index contributed by atoms with van der Waals surface area (Å²) in [7, 11) is 0. The summed E-state index contributed by atoms with van der Waals surface area (Å²) in [6.45, 7) is 5.57. The quantitative estimate of drug-likeness (QED) is 0.586. The van der Waals surface area contributed by atoms with Crippen molar-refractivity contribution in [2.45, 2.75) is 30.4 Å². The molecule has 0 fully saturated rings. The molecule has 0 N–H and O–H groups in total. The molecule has 0 saturated carbocycles. The van der Waals surface area contributed by atoms with Crippen molar-refractivity contribution in [2.75, 3.05) is 6.61 Å². The van der Waals surface area contributed by atoms with Crippen LogP contribution in [0.2, 0.25) is 3.46 Å². The molecule has 0 bridgehead atoms. The van der Waals surface area contributed by atoms with Gasteiger partial charge in [0, 0.05) is 0 Å². The third-order valence-corrected chi connectivity index (χ3v) is 5.70. The molecule has 106 valence electrons. The van der Waals surface area contributed by atoms with E-state index < -0.39 is 36.1 Å². The fraction of sp³-hybridized carbons (Fsp3) is 0.462. The molecule has 19 heavy (non-hydrogen) atoms. The third kappa shape index (κ3) is 4.70. The van der Waals surface area contributed by atoms with Crippen LogP contribution >= 0.6 is 0 Å². The summed E-state index contributed by atoms with van der Waals surface area (Å²) in [4.78, 5) is 11.7. The monoisotopic (exact) mass is 390 g/mol. The molecule has 0 aromatic heterocycles. The summed E-state index contributed by atoms with van der Waals surface area (Å²) < 4.78 is 42.4. The van der Waals surface area contributed by atoms with Gasteiger partial charge in [-0.3, -0.25) is 0 Å². The molecule has 0 aliphatic heterocycles. The van der Waals surface area contributed by atoms with Gasteiger partial charge in [-0.1, -0.05) is 0 Å². The number of hydrogen-bond donors (Lipinski definition) is 0. The Bertz CT molecular complexity index is 438. The number of alkyl halides is 3. The minimum atomic E-state index is -4.32. The molecule has 0 atom stereocenters. The van der Waals surface area contributed by atoms with Crippen LogP contribution in [0, 0.1) is 0 Å². The molecule has 0 spiro atoms. The van der Waals surface area contributed by atoms with Crippen molar-refractivity contribution in [1.29, 1.82) is 0 Å². The molecule has 0 aliphatic carbocycles. The Morgan fingerprint density at radius 3 is 2.16 bits per heavy atom. The van der Waals surface area contributed by atoms with E-state index in [4.69, 9.17) is 4.74 Å². The normalized spacial score (nSPS) is 12.3. The molecular formula is C13H15F3O2Te. The van der Waals surface area contributed by atoms with Crippen LogP contribution in [0.25, 0.3) is 0 Å². The summed E-state index contributed by atoms with van der Waals surface area (Å²) in [5, 5.41) is 0. The van der Waals surface area contributed by atoms with Gasteiger partial charge in [0.2, 0.25) is 0 Å². The molecule has 0 aliphatic rings. The average Bonchev–Trinajstić information content (AvgIpc) is 2.28. The van der Waals surface area contributed by atoms with Crippen molar-refractivity contribution in [3.63, 3.8) is 0 Å². The van der Waals surface area contributed by atoms with Crippen LogP contribution in [0.5, 0.6) is 0 Å². The van der Waals surface area contributed by atoms with E-state index in [1.807, 2.05) is 0 Å². The van der Waals surface area contributed by atoms with Crippen molar-refractivity contribution in [3.05, 3.63) is 29.8 Å². The van der Waals surface area contributed by atoms with Crippen molar-refractivity contribution < 1.29 is 22.7 Å². The molecule has 1 rings (SSSR count). The second-order valence-electron chi connectivity index (χ2n) is 4.35. The van der Waals surface area contributed by atoms with Gasteiger partial charge in [0.05, 0.1) is 0 Å². The number of carbonyl (C=O) groups is 1. The van der Waals surface area contributed by atoms with Gasteiger partial charge >= 0.3 is 120 Å². The van der Waals surface area contributed by atoms with Crippen LogP contribution in [0.4, 0.5) is 13.2 Å². The van der Waals surface area contributed by atoms with Crippen LogP contribution in [-0.2, 0) is 15.7 Å². The van der Waals surface area contributed by atoms with E-state index >= 15 is 0 Å². The van der Waals surface area contributed by atoms with E-state index in [2.05, 4.69) is 0 Å². The van der Waals surface area contributed by atoms with E-state index in [1.165, 1.54) is 12.1 Å².